The zero-order chi connectivity index (χ0) is 22.8. The highest BCUT2D eigenvalue weighted by molar-refractivity contribution is 7.80. The lowest BCUT2D eigenvalue weighted by Gasteiger charge is -2.38. The molecule has 1 atom stereocenters. The second kappa shape index (κ2) is 9.30. The molecule has 1 aromatic heterocycles. The van der Waals surface area contributed by atoms with Crippen molar-refractivity contribution >= 4 is 34.5 Å². The van der Waals surface area contributed by atoms with Crippen LogP contribution in [0.3, 0.4) is 0 Å². The molecule has 8 heteroatoms. The maximum absolute atomic E-state index is 6.02. The van der Waals surface area contributed by atoms with Gasteiger partial charge in [-0.1, -0.05) is 42.7 Å². The molecule has 0 fully saturated rings. The number of benzene rings is 2. The Morgan fingerprint density at radius 3 is 2.66 bits per heavy atom. The van der Waals surface area contributed by atoms with Gasteiger partial charge in [-0.15, -0.1) is 0 Å². The molecule has 2 heterocycles. The number of allylic oxidation sites excluding steroid dienone is 1. The fraction of sp³-hybridized carbons (Fsp3) is 0.292. The van der Waals surface area contributed by atoms with E-state index in [1.165, 1.54) is 0 Å². The average molecular weight is 469 g/mol. The fourth-order valence-electron chi connectivity index (χ4n) is 3.76. The summed E-state index contributed by atoms with van der Waals surface area (Å²) in [5.41, 5.74) is 3.71. The predicted molar refractivity (Wildman–Crippen MR) is 130 cm³/mol. The summed E-state index contributed by atoms with van der Waals surface area (Å²) in [6, 6.07) is 15.0. The monoisotopic (exact) mass is 468 g/mol. The van der Waals surface area contributed by atoms with Crippen LogP contribution in [0, 0.1) is 5.92 Å². The Balaban J connectivity index is 1.81. The van der Waals surface area contributed by atoms with Crippen LogP contribution in [0.4, 0.5) is 0 Å². The highest BCUT2D eigenvalue weighted by atomic mass is 35.5. The largest absolute Gasteiger partial charge is 0.497 e. The van der Waals surface area contributed by atoms with E-state index in [1.54, 1.807) is 7.11 Å². The van der Waals surface area contributed by atoms with Crippen molar-refractivity contribution in [2.24, 2.45) is 5.92 Å². The second-order valence-electron chi connectivity index (χ2n) is 8.09. The van der Waals surface area contributed by atoms with Gasteiger partial charge in [0.1, 0.15) is 5.75 Å². The molecule has 2 aromatic carbocycles. The molecular formula is C24H25ClN4O2S. The summed E-state index contributed by atoms with van der Waals surface area (Å²) < 4.78 is 11.2. The van der Waals surface area contributed by atoms with E-state index in [-0.39, 0.29) is 6.04 Å². The number of hydrogen-bond acceptors (Lipinski definition) is 5. The van der Waals surface area contributed by atoms with Crippen molar-refractivity contribution in [3.8, 4) is 17.1 Å². The number of hydrogen-bond donors (Lipinski definition) is 1. The van der Waals surface area contributed by atoms with Crippen molar-refractivity contribution in [1.82, 2.24) is 20.4 Å². The number of nitrogens with zero attached hydrogens (tertiary/aromatic N) is 3. The highest BCUT2D eigenvalue weighted by Crippen LogP contribution is 2.38. The maximum Gasteiger partial charge on any atom is 0.258 e. The molecule has 0 amide bonds. The van der Waals surface area contributed by atoms with Crippen LogP contribution in [0.2, 0.25) is 5.02 Å². The van der Waals surface area contributed by atoms with Crippen LogP contribution in [-0.2, 0) is 0 Å². The van der Waals surface area contributed by atoms with E-state index in [9.17, 15) is 0 Å². The molecule has 0 radical (unpaired) electrons. The van der Waals surface area contributed by atoms with Crippen LogP contribution in [0.1, 0.15) is 38.3 Å². The van der Waals surface area contributed by atoms with E-state index < -0.39 is 0 Å². The first-order valence-corrected chi connectivity index (χ1v) is 11.2. The molecule has 0 aliphatic carbocycles. The van der Waals surface area contributed by atoms with Gasteiger partial charge in [-0.05, 0) is 67.0 Å². The third kappa shape index (κ3) is 4.49. The lowest BCUT2D eigenvalue weighted by atomic mass is 9.94. The first-order valence-electron chi connectivity index (χ1n) is 10.4. The van der Waals surface area contributed by atoms with Crippen molar-refractivity contribution in [2.75, 3.05) is 13.7 Å². The van der Waals surface area contributed by atoms with E-state index in [0.29, 0.717) is 27.8 Å². The normalized spacial score (nSPS) is 16.5. The Kier molecular flexibility index (Phi) is 6.48. The number of rotatable bonds is 6. The zero-order valence-corrected chi connectivity index (χ0v) is 20.0. The highest BCUT2D eigenvalue weighted by Gasteiger charge is 2.34. The Bertz CT molecular complexity index is 1160. The van der Waals surface area contributed by atoms with Gasteiger partial charge in [-0.3, -0.25) is 0 Å². The summed E-state index contributed by atoms with van der Waals surface area (Å²) in [4.78, 5) is 6.82. The molecule has 166 valence electrons. The Morgan fingerprint density at radius 2 is 1.97 bits per heavy atom. The first-order chi connectivity index (χ1) is 15.4. The minimum absolute atomic E-state index is 0.250. The zero-order valence-electron chi connectivity index (χ0n) is 18.4. The van der Waals surface area contributed by atoms with Crippen molar-refractivity contribution in [3.63, 3.8) is 0 Å². The number of halogens is 1. The molecule has 1 unspecified atom stereocenters. The SMILES string of the molecule is COc1cccc(C2NC(=S)N(CC(C)C)C(C)=C2c2nc(-c3ccc(Cl)cc3)no2)c1. The molecule has 0 bridgehead atoms. The Hall–Kier alpha value is -2.90. The number of thiocarbonyl (C=S) groups is 1. The number of ether oxygens (including phenoxy) is 1. The minimum atomic E-state index is -0.250. The summed E-state index contributed by atoms with van der Waals surface area (Å²) in [6.45, 7) is 7.15. The van der Waals surface area contributed by atoms with Gasteiger partial charge >= 0.3 is 0 Å². The van der Waals surface area contributed by atoms with Crippen molar-refractivity contribution in [3.05, 3.63) is 70.7 Å². The van der Waals surface area contributed by atoms with Gasteiger partial charge in [0.25, 0.3) is 5.89 Å². The van der Waals surface area contributed by atoms with Gasteiger partial charge in [-0.2, -0.15) is 4.98 Å². The fourth-order valence-corrected chi connectivity index (χ4v) is 4.22. The second-order valence-corrected chi connectivity index (χ2v) is 8.92. The van der Waals surface area contributed by atoms with Crippen molar-refractivity contribution < 1.29 is 9.26 Å². The summed E-state index contributed by atoms with van der Waals surface area (Å²) >= 11 is 11.7. The van der Waals surface area contributed by atoms with Gasteiger partial charge in [-0.25, -0.2) is 0 Å². The number of methoxy groups -OCH3 is 1. The molecule has 3 aromatic rings. The third-order valence-electron chi connectivity index (χ3n) is 5.33. The third-order valence-corrected chi connectivity index (χ3v) is 5.92. The molecule has 32 heavy (non-hydrogen) atoms. The first kappa shape index (κ1) is 22.3. The molecule has 0 spiro atoms. The molecule has 1 aliphatic heterocycles. The van der Waals surface area contributed by atoms with Gasteiger partial charge in [0.05, 0.1) is 18.7 Å². The topological polar surface area (TPSA) is 63.4 Å². The van der Waals surface area contributed by atoms with E-state index in [4.69, 9.17) is 38.1 Å². The number of aromatic nitrogens is 2. The van der Waals surface area contributed by atoms with Gasteiger partial charge in [0, 0.05) is 22.8 Å². The van der Waals surface area contributed by atoms with Gasteiger partial charge in [0.15, 0.2) is 5.11 Å². The van der Waals surface area contributed by atoms with E-state index in [0.717, 1.165) is 34.7 Å². The van der Waals surface area contributed by atoms with Crippen LogP contribution in [0.15, 0.2) is 58.8 Å². The summed E-state index contributed by atoms with van der Waals surface area (Å²) in [5, 5.41) is 9.03. The Labute approximate surface area is 198 Å². The minimum Gasteiger partial charge on any atom is -0.497 e. The molecule has 0 saturated carbocycles. The van der Waals surface area contributed by atoms with Crippen LogP contribution < -0.4 is 10.1 Å². The van der Waals surface area contributed by atoms with Crippen LogP contribution in [-0.4, -0.2) is 33.8 Å². The van der Waals surface area contributed by atoms with E-state index >= 15 is 0 Å². The smallest absolute Gasteiger partial charge is 0.258 e. The Morgan fingerprint density at radius 1 is 1.22 bits per heavy atom. The van der Waals surface area contributed by atoms with E-state index in [2.05, 4.69) is 29.2 Å². The predicted octanol–water partition coefficient (Wildman–Crippen LogP) is 5.72. The van der Waals surface area contributed by atoms with Gasteiger partial charge in [0.2, 0.25) is 5.82 Å². The van der Waals surface area contributed by atoms with Crippen LogP contribution in [0.5, 0.6) is 5.75 Å². The molecule has 0 saturated heterocycles. The molecule has 4 rings (SSSR count). The van der Waals surface area contributed by atoms with Crippen molar-refractivity contribution in [1.29, 1.82) is 0 Å². The summed E-state index contributed by atoms with van der Waals surface area (Å²) in [7, 11) is 1.65. The molecule has 1 aliphatic rings. The average Bonchev–Trinajstić information content (AvgIpc) is 3.26. The lowest BCUT2D eigenvalue weighted by Crippen LogP contribution is -2.47. The van der Waals surface area contributed by atoms with Crippen LogP contribution in [0.25, 0.3) is 17.0 Å². The maximum atomic E-state index is 6.02. The van der Waals surface area contributed by atoms with E-state index in [1.807, 2.05) is 55.5 Å². The molecule has 6 nitrogen and oxygen atoms in total. The standard InChI is InChI=1S/C24H25ClN4O2S/c1-14(2)13-29-15(3)20(21(26-24(29)32)17-6-5-7-19(12-17)30-4)23-27-22(28-31-23)16-8-10-18(25)11-9-16/h5-12,14,21H,13H2,1-4H3,(H,26,32). The number of nitrogens with one attached hydrogen (secondary N) is 1. The van der Waals surface area contributed by atoms with Crippen LogP contribution >= 0.6 is 23.8 Å². The summed E-state index contributed by atoms with van der Waals surface area (Å²) in [6.07, 6.45) is 0. The summed E-state index contributed by atoms with van der Waals surface area (Å²) in [5.74, 6) is 2.14. The molecular weight excluding hydrogens is 444 g/mol. The lowest BCUT2D eigenvalue weighted by molar-refractivity contribution is 0.385. The molecule has 1 N–H and O–H groups in total. The van der Waals surface area contributed by atoms with Gasteiger partial charge < -0.3 is 19.5 Å². The quantitative estimate of drug-likeness (QED) is 0.464. The van der Waals surface area contributed by atoms with Crippen molar-refractivity contribution in [2.45, 2.75) is 26.8 Å².